The Morgan fingerprint density at radius 2 is 1.71 bits per heavy atom. The van der Waals surface area contributed by atoms with Crippen LogP contribution >= 0.6 is 11.6 Å². The third-order valence-corrected chi connectivity index (χ3v) is 4.22. The van der Waals surface area contributed by atoms with Gasteiger partial charge in [0.05, 0.1) is 4.75 Å². The Hall–Kier alpha value is -0.670. The fraction of sp³-hybridized carbons (Fsp3) is 0.462. The van der Waals surface area contributed by atoms with Crippen molar-refractivity contribution < 1.29 is 4.21 Å². The Morgan fingerprint density at radius 3 is 2.12 bits per heavy atom. The zero-order valence-electron chi connectivity index (χ0n) is 10.9. The van der Waals surface area contributed by atoms with Crippen molar-refractivity contribution in [3.63, 3.8) is 0 Å². The van der Waals surface area contributed by atoms with Crippen molar-refractivity contribution in [1.82, 2.24) is 0 Å². The molecule has 0 heterocycles. The first-order chi connectivity index (χ1) is 7.71. The first-order valence-corrected chi connectivity index (χ1v) is 6.93. The number of aryl methyl sites for hydroxylation is 2. The highest BCUT2D eigenvalue weighted by Gasteiger charge is 2.18. The fourth-order valence-corrected chi connectivity index (χ4v) is 1.96. The molecule has 1 atom stereocenters. The SMILES string of the molecule is Cc1cc(C=N[S@@](=O)C(C)(C)C)cc(C)c1Cl. The molecule has 4 heteroatoms. The second-order valence-corrected chi connectivity index (χ2v) is 7.38. The molecular formula is C13H18ClNOS. The highest BCUT2D eigenvalue weighted by Crippen LogP contribution is 2.21. The monoisotopic (exact) mass is 271 g/mol. The number of hydrogen-bond donors (Lipinski definition) is 0. The summed E-state index contributed by atoms with van der Waals surface area (Å²) in [5.74, 6) is 0. The standard InChI is InChI=1S/C13H18ClNOS/c1-9-6-11(7-10(2)12(9)14)8-15-17(16)13(3,4)5/h6-8H,1-5H3/t17-/m0/s1. The van der Waals surface area contributed by atoms with E-state index in [9.17, 15) is 4.21 Å². The highest BCUT2D eigenvalue weighted by atomic mass is 35.5. The molecule has 0 fully saturated rings. The third-order valence-electron chi connectivity index (χ3n) is 2.28. The molecule has 1 aromatic carbocycles. The molecule has 0 saturated heterocycles. The van der Waals surface area contributed by atoms with Crippen molar-refractivity contribution in [2.75, 3.05) is 0 Å². The second-order valence-electron chi connectivity index (χ2n) is 5.06. The lowest BCUT2D eigenvalue weighted by Gasteiger charge is -2.12. The van der Waals surface area contributed by atoms with Crippen LogP contribution in [-0.2, 0) is 11.0 Å². The molecule has 94 valence electrons. The van der Waals surface area contributed by atoms with Gasteiger partial charge in [0.25, 0.3) is 0 Å². The van der Waals surface area contributed by atoms with E-state index in [0.717, 1.165) is 21.7 Å². The average Bonchev–Trinajstić information content (AvgIpc) is 2.20. The van der Waals surface area contributed by atoms with Gasteiger partial charge in [-0.15, -0.1) is 0 Å². The van der Waals surface area contributed by atoms with Crippen LogP contribution in [0.15, 0.2) is 16.5 Å². The fourth-order valence-electron chi connectivity index (χ4n) is 1.32. The van der Waals surface area contributed by atoms with Gasteiger partial charge in [0, 0.05) is 11.2 Å². The summed E-state index contributed by atoms with van der Waals surface area (Å²) in [6.07, 6.45) is 1.65. The minimum absolute atomic E-state index is 0.326. The van der Waals surface area contributed by atoms with Gasteiger partial charge >= 0.3 is 0 Å². The van der Waals surface area contributed by atoms with Gasteiger partial charge in [0.15, 0.2) is 0 Å². The molecule has 2 nitrogen and oxygen atoms in total. The maximum absolute atomic E-state index is 11.8. The van der Waals surface area contributed by atoms with Crippen molar-refractivity contribution in [1.29, 1.82) is 0 Å². The van der Waals surface area contributed by atoms with Gasteiger partial charge in [-0.05, 0) is 63.4 Å². The summed E-state index contributed by atoms with van der Waals surface area (Å²) in [5, 5.41) is 0.777. The molecule has 0 radical (unpaired) electrons. The average molecular weight is 272 g/mol. The van der Waals surface area contributed by atoms with Crippen molar-refractivity contribution in [2.24, 2.45) is 4.40 Å². The van der Waals surface area contributed by atoms with E-state index in [1.165, 1.54) is 0 Å². The molecule has 0 aromatic heterocycles. The summed E-state index contributed by atoms with van der Waals surface area (Å²) >= 11 is 6.08. The molecule has 17 heavy (non-hydrogen) atoms. The van der Waals surface area contributed by atoms with E-state index >= 15 is 0 Å². The van der Waals surface area contributed by atoms with Gasteiger partial charge < -0.3 is 0 Å². The summed E-state index contributed by atoms with van der Waals surface area (Å²) in [6, 6.07) is 3.89. The molecule has 0 unspecified atom stereocenters. The molecule has 1 rings (SSSR count). The Morgan fingerprint density at radius 1 is 1.24 bits per heavy atom. The molecule has 0 aliphatic rings. The zero-order valence-corrected chi connectivity index (χ0v) is 12.4. The molecular weight excluding hydrogens is 254 g/mol. The van der Waals surface area contributed by atoms with E-state index in [1.807, 2.05) is 46.8 Å². The molecule has 0 spiro atoms. The Bertz CT molecular complexity index is 452. The maximum atomic E-state index is 11.8. The normalized spacial score (nSPS) is 14.2. The van der Waals surface area contributed by atoms with Gasteiger partial charge in [-0.1, -0.05) is 11.6 Å². The van der Waals surface area contributed by atoms with Crippen LogP contribution in [0.25, 0.3) is 0 Å². The number of benzene rings is 1. The van der Waals surface area contributed by atoms with Crippen LogP contribution in [0.4, 0.5) is 0 Å². The summed E-state index contributed by atoms with van der Waals surface area (Å²) in [4.78, 5) is 0. The van der Waals surface area contributed by atoms with Gasteiger partial charge in [-0.2, -0.15) is 4.40 Å². The van der Waals surface area contributed by atoms with Gasteiger partial charge in [0.1, 0.15) is 11.0 Å². The van der Waals surface area contributed by atoms with Crippen LogP contribution in [0.3, 0.4) is 0 Å². The number of halogens is 1. The third kappa shape index (κ3) is 3.93. The zero-order chi connectivity index (χ0) is 13.2. The van der Waals surface area contributed by atoms with Gasteiger partial charge in [-0.3, -0.25) is 0 Å². The van der Waals surface area contributed by atoms with Crippen LogP contribution in [0.2, 0.25) is 5.02 Å². The molecule has 0 amide bonds. The Balaban J connectivity index is 2.97. The number of rotatable bonds is 2. The van der Waals surface area contributed by atoms with Crippen LogP contribution in [0.5, 0.6) is 0 Å². The lowest BCUT2D eigenvalue weighted by Crippen LogP contribution is -2.19. The first-order valence-electron chi connectivity index (χ1n) is 5.44. The minimum Gasteiger partial charge on any atom is -0.234 e. The molecule has 0 saturated carbocycles. The second kappa shape index (κ2) is 5.32. The molecule has 0 N–H and O–H groups in total. The van der Waals surface area contributed by atoms with E-state index < -0.39 is 11.0 Å². The molecule has 0 bridgehead atoms. The van der Waals surface area contributed by atoms with Crippen molar-refractivity contribution in [2.45, 2.75) is 39.4 Å². The Kier molecular flexibility index (Phi) is 4.50. The van der Waals surface area contributed by atoms with Crippen molar-refractivity contribution >= 4 is 28.8 Å². The number of hydrogen-bond acceptors (Lipinski definition) is 1. The summed E-state index contributed by atoms with van der Waals surface area (Å²) < 4.78 is 15.5. The smallest absolute Gasteiger partial charge is 0.144 e. The van der Waals surface area contributed by atoms with Crippen molar-refractivity contribution in [3.05, 3.63) is 33.8 Å². The van der Waals surface area contributed by atoms with Crippen LogP contribution in [-0.4, -0.2) is 15.2 Å². The van der Waals surface area contributed by atoms with E-state index in [-0.39, 0.29) is 4.75 Å². The van der Waals surface area contributed by atoms with E-state index in [1.54, 1.807) is 6.21 Å². The van der Waals surface area contributed by atoms with E-state index in [0.29, 0.717) is 0 Å². The number of nitrogens with zero attached hydrogens (tertiary/aromatic N) is 1. The summed E-state index contributed by atoms with van der Waals surface area (Å²) in [5.41, 5.74) is 2.95. The van der Waals surface area contributed by atoms with E-state index in [4.69, 9.17) is 11.6 Å². The first kappa shape index (κ1) is 14.4. The molecule has 0 aliphatic heterocycles. The van der Waals surface area contributed by atoms with Crippen LogP contribution < -0.4 is 0 Å². The van der Waals surface area contributed by atoms with Crippen LogP contribution in [0, 0.1) is 13.8 Å². The van der Waals surface area contributed by atoms with Crippen LogP contribution in [0.1, 0.15) is 37.5 Å². The lowest BCUT2D eigenvalue weighted by atomic mass is 10.1. The Labute approximate surface area is 111 Å². The van der Waals surface area contributed by atoms with E-state index in [2.05, 4.69) is 4.40 Å². The summed E-state index contributed by atoms with van der Waals surface area (Å²) in [7, 11) is -1.22. The predicted octanol–water partition coefficient (Wildman–Crippen LogP) is 3.84. The van der Waals surface area contributed by atoms with Crippen molar-refractivity contribution in [3.8, 4) is 0 Å². The molecule has 0 aliphatic carbocycles. The lowest BCUT2D eigenvalue weighted by molar-refractivity contribution is 0.651. The van der Waals surface area contributed by atoms with Gasteiger partial charge in [0.2, 0.25) is 0 Å². The highest BCUT2D eigenvalue weighted by molar-refractivity contribution is 7.85. The molecule has 1 aromatic rings. The minimum atomic E-state index is -1.22. The predicted molar refractivity (Wildman–Crippen MR) is 76.4 cm³/mol. The topological polar surface area (TPSA) is 29.4 Å². The largest absolute Gasteiger partial charge is 0.234 e. The maximum Gasteiger partial charge on any atom is 0.144 e. The van der Waals surface area contributed by atoms with Gasteiger partial charge in [-0.25, -0.2) is 4.21 Å². The summed E-state index contributed by atoms with van der Waals surface area (Å²) in [6.45, 7) is 9.61. The quantitative estimate of drug-likeness (QED) is 0.752.